The van der Waals surface area contributed by atoms with Crippen LogP contribution in [0.1, 0.15) is 11.5 Å². The van der Waals surface area contributed by atoms with Gasteiger partial charge < -0.3 is 4.42 Å². The first kappa shape index (κ1) is 14.1. The maximum atomic E-state index is 12.4. The lowest BCUT2D eigenvalue weighted by atomic mass is 10.2. The highest BCUT2D eigenvalue weighted by molar-refractivity contribution is 7.92. The van der Waals surface area contributed by atoms with Crippen LogP contribution in [-0.4, -0.2) is 13.4 Å². The van der Waals surface area contributed by atoms with Crippen molar-refractivity contribution < 1.29 is 12.8 Å². The number of benzene rings is 2. The summed E-state index contributed by atoms with van der Waals surface area (Å²) in [7, 11) is -3.77. The molecule has 0 atom stereocenters. The fourth-order valence-electron chi connectivity index (χ4n) is 2.05. The number of rotatable bonds is 3. The van der Waals surface area contributed by atoms with Gasteiger partial charge in [-0.05, 0) is 30.3 Å². The highest BCUT2D eigenvalue weighted by Crippen LogP contribution is 2.22. The molecule has 1 heterocycles. The number of aryl methyl sites for hydroxylation is 1. The van der Waals surface area contributed by atoms with Gasteiger partial charge in [-0.1, -0.05) is 6.07 Å². The van der Waals surface area contributed by atoms with Gasteiger partial charge in [-0.15, -0.1) is 0 Å². The van der Waals surface area contributed by atoms with Gasteiger partial charge >= 0.3 is 0 Å². The molecule has 1 aromatic heterocycles. The number of aromatic nitrogens is 1. The summed E-state index contributed by atoms with van der Waals surface area (Å²) in [5.41, 5.74) is 1.71. The summed E-state index contributed by atoms with van der Waals surface area (Å²) in [5.74, 6) is 0.472. The second kappa shape index (κ2) is 5.16. The third-order valence-corrected chi connectivity index (χ3v) is 4.40. The maximum absolute atomic E-state index is 12.4. The number of nitrogens with zero attached hydrogens (tertiary/aromatic N) is 2. The number of sulfonamides is 1. The van der Waals surface area contributed by atoms with Crippen molar-refractivity contribution in [2.75, 3.05) is 4.72 Å². The Hall–Kier alpha value is -2.85. The summed E-state index contributed by atoms with van der Waals surface area (Å²) in [4.78, 5) is 4.19. The SMILES string of the molecule is Cc1nc2ccc(S(=O)(=O)Nc3cccc(C#N)c3)cc2o1. The van der Waals surface area contributed by atoms with E-state index >= 15 is 0 Å². The minimum absolute atomic E-state index is 0.0681. The lowest BCUT2D eigenvalue weighted by Gasteiger charge is -2.08. The van der Waals surface area contributed by atoms with Gasteiger partial charge in [-0.25, -0.2) is 13.4 Å². The third kappa shape index (κ3) is 2.64. The molecule has 0 spiro atoms. The van der Waals surface area contributed by atoms with Gasteiger partial charge in [0, 0.05) is 13.0 Å². The second-order valence-corrected chi connectivity index (χ2v) is 6.34. The van der Waals surface area contributed by atoms with Gasteiger partial charge in [0.2, 0.25) is 0 Å². The van der Waals surface area contributed by atoms with Crippen LogP contribution in [0.15, 0.2) is 51.8 Å². The number of hydrogen-bond acceptors (Lipinski definition) is 5. The Morgan fingerprint density at radius 2 is 2.05 bits per heavy atom. The molecule has 0 aliphatic carbocycles. The number of nitriles is 1. The normalized spacial score (nSPS) is 11.3. The summed E-state index contributed by atoms with van der Waals surface area (Å²) in [6.07, 6.45) is 0. The summed E-state index contributed by atoms with van der Waals surface area (Å²) >= 11 is 0. The number of anilines is 1. The molecule has 0 fully saturated rings. The van der Waals surface area contributed by atoms with Gasteiger partial charge in [-0.2, -0.15) is 5.26 Å². The van der Waals surface area contributed by atoms with Crippen molar-refractivity contribution in [3.8, 4) is 6.07 Å². The van der Waals surface area contributed by atoms with E-state index in [2.05, 4.69) is 9.71 Å². The second-order valence-electron chi connectivity index (χ2n) is 4.66. The predicted octanol–water partition coefficient (Wildman–Crippen LogP) is 2.81. The van der Waals surface area contributed by atoms with Gasteiger partial charge in [0.1, 0.15) is 5.52 Å². The van der Waals surface area contributed by atoms with Gasteiger partial charge in [0.15, 0.2) is 11.5 Å². The summed E-state index contributed by atoms with van der Waals surface area (Å²) in [6, 6.07) is 12.7. The third-order valence-electron chi connectivity index (χ3n) is 3.02. The smallest absolute Gasteiger partial charge is 0.262 e. The van der Waals surface area contributed by atoms with Crippen LogP contribution in [0.4, 0.5) is 5.69 Å². The average Bonchev–Trinajstić information content (AvgIpc) is 2.86. The largest absolute Gasteiger partial charge is 0.441 e. The van der Waals surface area contributed by atoms with Crippen molar-refractivity contribution in [2.24, 2.45) is 0 Å². The molecule has 2 aromatic carbocycles. The Kier molecular flexibility index (Phi) is 3.31. The van der Waals surface area contributed by atoms with E-state index in [4.69, 9.17) is 9.68 Å². The molecular weight excluding hydrogens is 302 g/mol. The maximum Gasteiger partial charge on any atom is 0.262 e. The minimum atomic E-state index is -3.77. The first-order valence-corrected chi connectivity index (χ1v) is 7.86. The number of hydrogen-bond donors (Lipinski definition) is 1. The van der Waals surface area contributed by atoms with E-state index < -0.39 is 10.0 Å². The first-order chi connectivity index (χ1) is 10.5. The monoisotopic (exact) mass is 313 g/mol. The van der Waals surface area contributed by atoms with E-state index in [1.807, 2.05) is 6.07 Å². The molecule has 22 heavy (non-hydrogen) atoms. The van der Waals surface area contributed by atoms with Crippen molar-refractivity contribution in [3.05, 3.63) is 53.9 Å². The Bertz CT molecular complexity index is 1000. The van der Waals surface area contributed by atoms with E-state index in [9.17, 15) is 8.42 Å². The van der Waals surface area contributed by atoms with Crippen molar-refractivity contribution in [3.63, 3.8) is 0 Å². The van der Waals surface area contributed by atoms with Crippen LogP contribution in [0.3, 0.4) is 0 Å². The van der Waals surface area contributed by atoms with E-state index in [0.29, 0.717) is 28.2 Å². The van der Waals surface area contributed by atoms with E-state index in [0.717, 1.165) is 0 Å². The zero-order valence-corrected chi connectivity index (χ0v) is 12.4. The molecule has 0 aliphatic rings. The summed E-state index contributed by atoms with van der Waals surface area (Å²) in [6.45, 7) is 1.69. The lowest BCUT2D eigenvalue weighted by molar-refractivity contribution is 0.559. The molecular formula is C15H11N3O3S. The van der Waals surface area contributed by atoms with Crippen LogP contribution in [0, 0.1) is 18.3 Å². The molecule has 3 rings (SSSR count). The van der Waals surface area contributed by atoms with Crippen LogP contribution >= 0.6 is 0 Å². The van der Waals surface area contributed by atoms with E-state index in [1.54, 1.807) is 31.2 Å². The van der Waals surface area contributed by atoms with Crippen molar-refractivity contribution >= 4 is 26.8 Å². The van der Waals surface area contributed by atoms with Crippen LogP contribution in [-0.2, 0) is 10.0 Å². The van der Waals surface area contributed by atoms with Gasteiger partial charge in [-0.3, -0.25) is 4.72 Å². The quantitative estimate of drug-likeness (QED) is 0.802. The molecule has 3 aromatic rings. The predicted molar refractivity (Wildman–Crippen MR) is 80.7 cm³/mol. The standard InChI is InChI=1S/C15H11N3O3S/c1-10-17-14-6-5-13(8-15(14)21-10)22(19,20)18-12-4-2-3-11(7-12)9-16/h2-8,18H,1H3. The van der Waals surface area contributed by atoms with Crippen LogP contribution in [0.25, 0.3) is 11.1 Å². The first-order valence-electron chi connectivity index (χ1n) is 6.38. The molecule has 1 N–H and O–H groups in total. The number of oxazole rings is 1. The van der Waals surface area contributed by atoms with Crippen LogP contribution in [0.2, 0.25) is 0 Å². The molecule has 110 valence electrons. The molecule has 0 saturated carbocycles. The molecule has 0 aliphatic heterocycles. The Morgan fingerprint density at radius 3 is 2.82 bits per heavy atom. The molecule has 0 saturated heterocycles. The molecule has 6 nitrogen and oxygen atoms in total. The van der Waals surface area contributed by atoms with E-state index in [-0.39, 0.29) is 4.90 Å². The molecule has 0 unspecified atom stereocenters. The minimum Gasteiger partial charge on any atom is -0.441 e. The molecule has 7 heteroatoms. The fourth-order valence-corrected chi connectivity index (χ4v) is 3.12. The Labute approximate surface area is 127 Å². The molecule has 0 radical (unpaired) electrons. The summed E-state index contributed by atoms with van der Waals surface area (Å²) < 4.78 is 32.6. The summed E-state index contributed by atoms with van der Waals surface area (Å²) in [5, 5.41) is 8.85. The lowest BCUT2D eigenvalue weighted by Crippen LogP contribution is -2.12. The number of fused-ring (bicyclic) bond motifs is 1. The van der Waals surface area contributed by atoms with Crippen LogP contribution < -0.4 is 4.72 Å². The van der Waals surface area contributed by atoms with Gasteiger partial charge in [0.05, 0.1) is 22.2 Å². The number of nitrogens with one attached hydrogen (secondary N) is 1. The Balaban J connectivity index is 1.98. The van der Waals surface area contributed by atoms with Gasteiger partial charge in [0.25, 0.3) is 10.0 Å². The van der Waals surface area contributed by atoms with Crippen molar-refractivity contribution in [2.45, 2.75) is 11.8 Å². The van der Waals surface area contributed by atoms with E-state index in [1.165, 1.54) is 18.2 Å². The zero-order chi connectivity index (χ0) is 15.7. The highest BCUT2D eigenvalue weighted by Gasteiger charge is 2.16. The topological polar surface area (TPSA) is 96.0 Å². The van der Waals surface area contributed by atoms with Crippen molar-refractivity contribution in [1.29, 1.82) is 5.26 Å². The average molecular weight is 313 g/mol. The Morgan fingerprint density at radius 1 is 1.23 bits per heavy atom. The highest BCUT2D eigenvalue weighted by atomic mass is 32.2. The van der Waals surface area contributed by atoms with Crippen LogP contribution in [0.5, 0.6) is 0 Å². The van der Waals surface area contributed by atoms with Crippen molar-refractivity contribution in [1.82, 2.24) is 4.98 Å². The fraction of sp³-hybridized carbons (Fsp3) is 0.0667. The zero-order valence-electron chi connectivity index (χ0n) is 11.6. The molecule has 0 bridgehead atoms. The molecule has 0 amide bonds.